The number of aliphatic hydroxyl groups excluding tert-OH is 8. The minimum Gasteiger partial charge on any atom is -0.870 e. The first-order chi connectivity index (χ1) is 53.8. The number of halogens is 1. The van der Waals surface area contributed by atoms with Crippen molar-refractivity contribution < 1.29 is 146 Å². The fraction of sp³-hybridized carbons (Fsp3) is 0.833. The Morgan fingerprint density at radius 1 is 0.368 bits per heavy atom. The molecule has 0 aromatic carbocycles. The molecule has 9 N–H and O–H groups in total. The number of carbonyl (C=O) groups excluding carboxylic acids is 7. The summed E-state index contributed by atoms with van der Waals surface area (Å²) in [5, 5.41) is 83.9. The van der Waals surface area contributed by atoms with Crippen LogP contribution in [0.4, 0.5) is 0 Å². The van der Waals surface area contributed by atoms with E-state index in [9.17, 15) is 74.4 Å². The fourth-order valence-electron chi connectivity index (χ4n) is 28.5. The van der Waals surface area contributed by atoms with E-state index in [0.717, 1.165) is 165 Å². The first kappa shape index (κ1) is 97.3. The van der Waals surface area contributed by atoms with Crippen molar-refractivity contribution in [3.63, 3.8) is 0 Å². The van der Waals surface area contributed by atoms with Gasteiger partial charge in [0, 0.05) is 77.6 Å². The van der Waals surface area contributed by atoms with E-state index < -0.39 is 63.5 Å². The van der Waals surface area contributed by atoms with Crippen molar-refractivity contribution in [2.75, 3.05) is 0 Å². The van der Waals surface area contributed by atoms with Gasteiger partial charge in [0.05, 0.1) is 36.6 Å². The normalized spacial score (nSPS) is 46.6. The number of hydrogen-bond acceptors (Lipinski definition) is 24. The van der Waals surface area contributed by atoms with Gasteiger partial charge < -0.3 is 74.7 Å². The van der Waals surface area contributed by atoms with Crippen LogP contribution >= 0.6 is 11.6 Å². The Bertz CT molecular complexity index is 3800. The van der Waals surface area contributed by atoms with Gasteiger partial charge in [0.15, 0.2) is 0 Å². The molecule has 16 aliphatic carbocycles. The molecule has 20 unspecified atom stereocenters. The quantitative estimate of drug-likeness (QED) is 0.0404. The Morgan fingerprint density at radius 2 is 0.718 bits per heavy atom. The molecule has 0 heterocycles. The molecule has 0 aromatic rings. The zero-order valence-corrected chi connectivity index (χ0v) is 76.6. The van der Waals surface area contributed by atoms with Crippen LogP contribution in [0, 0.1) is 114 Å². The summed E-state index contributed by atoms with van der Waals surface area (Å²) >= 11 is 3.01. The number of esters is 6. The van der Waals surface area contributed by atoms with E-state index in [1.165, 1.54) is 59.6 Å². The molecule has 0 radical (unpaired) electrons. The topological polar surface area (TPSA) is 401 Å². The van der Waals surface area contributed by atoms with E-state index in [1.54, 1.807) is 0 Å². The molecule has 16 rings (SSSR count). The molecule has 0 aliphatic heterocycles. The smallest absolute Gasteiger partial charge is 0.870 e. The Hall–Kier alpha value is -3.50. The van der Waals surface area contributed by atoms with Crippen LogP contribution < -0.4 is 29.6 Å². The molecule has 12 saturated carbocycles. The second kappa shape index (κ2) is 37.7. The Balaban J connectivity index is 0.000000174. The number of rotatable bonds is 6. The molecule has 654 valence electrons. The van der Waals surface area contributed by atoms with Crippen molar-refractivity contribution in [2.45, 2.75) is 356 Å². The van der Waals surface area contributed by atoms with Gasteiger partial charge >= 0.3 is 87.9 Å². The average molecular weight is 1740 g/mol. The molecule has 117 heavy (non-hydrogen) atoms. The van der Waals surface area contributed by atoms with Gasteiger partial charge in [-0.15, -0.1) is 0 Å². The fourth-order valence-corrected chi connectivity index (χ4v) is 28.5. The van der Waals surface area contributed by atoms with E-state index in [4.69, 9.17) is 36.1 Å². The zero-order chi connectivity index (χ0) is 84.5. The summed E-state index contributed by atoms with van der Waals surface area (Å²) in [5.74, 6) is 1.95. The third-order valence-electron chi connectivity index (χ3n) is 34.1. The molecule has 12 fully saturated rings. The molecular formula is C90H136ClNaO24Se. The van der Waals surface area contributed by atoms with Crippen LogP contribution in [0.25, 0.3) is 0 Å². The van der Waals surface area contributed by atoms with E-state index in [-0.39, 0.29) is 186 Å². The van der Waals surface area contributed by atoms with Crippen LogP contribution in [-0.4, -0.2) is 188 Å². The van der Waals surface area contributed by atoms with Crippen molar-refractivity contribution in [2.24, 2.45) is 114 Å². The largest absolute Gasteiger partial charge is 1.00 e. The maximum Gasteiger partial charge on any atom is 1.00 e. The summed E-state index contributed by atoms with van der Waals surface area (Å²) in [6.45, 7) is 28.0. The number of fused-ring (bicyclic) bond motifs is 20. The molecular weight excluding hydrogens is 1600 g/mol. The van der Waals surface area contributed by atoms with Gasteiger partial charge in [-0.05, 0) is 287 Å². The van der Waals surface area contributed by atoms with E-state index in [1.807, 2.05) is 12.2 Å². The minimum absolute atomic E-state index is 0. The van der Waals surface area contributed by atoms with Gasteiger partial charge in [-0.1, -0.05) is 78.7 Å². The Morgan fingerprint density at radius 3 is 1.17 bits per heavy atom. The maximum atomic E-state index is 12.0. The van der Waals surface area contributed by atoms with Gasteiger partial charge in [0.25, 0.3) is 0 Å². The molecule has 0 spiro atoms. The summed E-state index contributed by atoms with van der Waals surface area (Å²) in [6.07, 6.45) is 25.9. The monoisotopic (exact) mass is 1740 g/mol. The number of hydrogen-bond donors (Lipinski definition) is 8. The van der Waals surface area contributed by atoms with Crippen molar-refractivity contribution in [3.8, 4) is 0 Å². The molecule has 0 aromatic heterocycles. The third-order valence-corrected chi connectivity index (χ3v) is 34.1. The summed E-state index contributed by atoms with van der Waals surface area (Å²) in [6, 6.07) is 0. The molecule has 0 bridgehead atoms. The van der Waals surface area contributed by atoms with E-state index >= 15 is 0 Å². The first-order valence-corrected chi connectivity index (χ1v) is 45.0. The van der Waals surface area contributed by atoms with Crippen molar-refractivity contribution in [1.82, 2.24) is 0 Å². The number of aliphatic hydroxyl groups is 8. The van der Waals surface area contributed by atoms with Gasteiger partial charge in [0.1, 0.15) is 48.8 Å². The van der Waals surface area contributed by atoms with Gasteiger partial charge in [-0.25, -0.2) is 0 Å². The van der Waals surface area contributed by atoms with Crippen LogP contribution in [0.3, 0.4) is 0 Å². The Kier molecular flexibility index (Phi) is 31.4. The van der Waals surface area contributed by atoms with Crippen molar-refractivity contribution in [3.05, 3.63) is 46.6 Å². The van der Waals surface area contributed by atoms with Crippen LogP contribution in [0.2, 0.25) is 0 Å². The summed E-state index contributed by atoms with van der Waals surface area (Å²) in [7, 11) is 0. The summed E-state index contributed by atoms with van der Waals surface area (Å²) < 4.78 is 51.1. The summed E-state index contributed by atoms with van der Waals surface area (Å²) in [5.41, 5.74) is 3.74. The van der Waals surface area contributed by atoms with Crippen LogP contribution in [0.5, 0.6) is 0 Å². The van der Waals surface area contributed by atoms with Crippen LogP contribution in [0.1, 0.15) is 271 Å². The zero-order valence-electron chi connectivity index (χ0n) is 72.1. The van der Waals surface area contributed by atoms with Gasteiger partial charge in [-0.2, -0.15) is 0 Å². The predicted molar refractivity (Wildman–Crippen MR) is 426 cm³/mol. The molecule has 34 atom stereocenters. The SMILES string of the molecule is CC(=O)Cl.CC(=O)O[C@H]1C=C2[C@@H](O)[C@@H](OC(C)=O)CCC2(C)C2CCC3(C)C(CC[C@@H]3OC(C)=O)C21.CC(=O)O[C@H]1CCC2(C)C(=C[C@H](OC(C)=O)C3C2CCC2(C)C3CC[C@@H]2OC(C)=O)C1.CC12CC[C@H](O)CC1=C[C@H](O)C1C2CCC2(C)C1CC[C@@H]2O.CC12CC[C@H](O)[C@H](O)C1=C[C@H](O)C1C2CCC2(C)C1CC[C@@H]2O.O=[Se]=O.[Na+].[OH-]. The molecule has 24 nitrogen and oxygen atoms in total. The average Bonchev–Trinajstić information content (AvgIpc) is 1.18. The standard InChI is InChI=1S/C25H36O7.C25H36O6.C19H30O4.C19H30O3.C2H3ClO.Na.O2Se.H2O/c1-13(26)30-19-9-11-24(4)17-8-10-25(5)16(6-7-21(25)32-15(3)28)22(17)20(31-14(2)27)12-18(24)23(19)29;1-14(26)29-18-8-10-24(4)17(12-18)13-21(30-15(2)27)23-19-6-7-22(31-16(3)28)25(19,5)11-9-20(23)24;1-18-8-6-13(20)17(23)12(18)9-14(21)16-10-3-4-15(22)19(10,2)7-5-11(16)18;1-18-7-5-12(20)9-11(18)10-15(21)17-13-3-4-16(22)19(13,2)8-6-14(17)18;1-2(3)4;;1-3-2;/h12,16-17,19-23,29H,6-11H2,1-5H3;13,18-23H,6-12H2,1-5H3;9-11,13-17,20-23H,3-8H2,1-2H3;10,12-17,20-22H,3-9H2,1-2H3;1H3;;;1H2/q;;;;;+1;;/p-1/t16?,17?,19-,20-,21-,22?,23+,24?,25?;18-,19?,20?,21-,22-,23?,24?,25?;10?,11?,13-,14-,15-,16?,17+,18?,19?;12-,13?,14?,15-,16-,17?,18?,19?;;;;/m0000..../s1. The van der Waals surface area contributed by atoms with Crippen molar-refractivity contribution in [1.29, 1.82) is 0 Å². The number of ether oxygens (including phenoxy) is 6. The first-order valence-electron chi connectivity index (χ1n) is 43.2. The third kappa shape index (κ3) is 18.5. The maximum absolute atomic E-state index is 12.0. The molecule has 0 saturated heterocycles. The molecule has 27 heteroatoms. The molecule has 16 aliphatic rings. The Labute approximate surface area is 725 Å². The molecule has 0 amide bonds. The van der Waals surface area contributed by atoms with Crippen LogP contribution in [-0.2, 0) is 69.7 Å². The predicted octanol–water partition coefficient (Wildman–Crippen LogP) is 8.91. The van der Waals surface area contributed by atoms with E-state index in [0.29, 0.717) is 54.3 Å². The van der Waals surface area contributed by atoms with Gasteiger partial charge in [0.2, 0.25) is 5.24 Å². The minimum atomic E-state index is -1.62. The second-order valence-corrected chi connectivity index (χ2v) is 40.7. The number of carbonyl (C=O) groups is 7. The van der Waals surface area contributed by atoms with E-state index in [2.05, 4.69) is 79.1 Å². The van der Waals surface area contributed by atoms with Gasteiger partial charge in [-0.3, -0.25) is 33.6 Å². The van der Waals surface area contributed by atoms with Crippen LogP contribution in [0.15, 0.2) is 46.6 Å². The van der Waals surface area contributed by atoms with Crippen molar-refractivity contribution >= 4 is 67.5 Å². The summed E-state index contributed by atoms with van der Waals surface area (Å²) in [4.78, 5) is 79.8. The second-order valence-electron chi connectivity index (χ2n) is 39.9.